The second-order valence-corrected chi connectivity index (χ2v) is 5.72. The summed E-state index contributed by atoms with van der Waals surface area (Å²) in [5.74, 6) is 0.661. The number of pyridine rings is 1. The molecule has 7 nitrogen and oxygen atoms in total. The third kappa shape index (κ3) is 3.69. The number of rotatable bonds is 5. The van der Waals surface area contributed by atoms with Gasteiger partial charge in [-0.2, -0.15) is 0 Å². The van der Waals surface area contributed by atoms with Gasteiger partial charge in [0.2, 0.25) is 0 Å². The second kappa shape index (κ2) is 7.37. The van der Waals surface area contributed by atoms with Crippen LogP contribution in [0.4, 0.5) is 11.5 Å². The van der Waals surface area contributed by atoms with E-state index in [9.17, 15) is 15.2 Å². The van der Waals surface area contributed by atoms with Crippen LogP contribution in [0.25, 0.3) is 0 Å². The maximum Gasteiger partial charge on any atom is 0.287 e. The minimum Gasteiger partial charge on any atom is -0.388 e. The molecule has 0 bridgehead atoms. The minimum absolute atomic E-state index is 0.0344. The lowest BCUT2D eigenvalue weighted by Gasteiger charge is -2.37. The Balaban J connectivity index is 1.74. The van der Waals surface area contributed by atoms with E-state index in [1.165, 1.54) is 12.3 Å². The van der Waals surface area contributed by atoms with Crippen LogP contribution in [0.3, 0.4) is 0 Å². The summed E-state index contributed by atoms with van der Waals surface area (Å²) >= 11 is 0. The normalized spacial score (nSPS) is 19.0. The molecule has 1 saturated heterocycles. The van der Waals surface area contributed by atoms with Gasteiger partial charge >= 0.3 is 0 Å². The third-order valence-corrected chi connectivity index (χ3v) is 4.14. The van der Waals surface area contributed by atoms with Crippen LogP contribution in [0.1, 0.15) is 18.1 Å². The van der Waals surface area contributed by atoms with Crippen molar-refractivity contribution in [3.8, 4) is 0 Å². The van der Waals surface area contributed by atoms with Crippen LogP contribution in [0.5, 0.6) is 0 Å². The molecule has 2 atom stereocenters. The predicted molar refractivity (Wildman–Crippen MR) is 88.9 cm³/mol. The highest BCUT2D eigenvalue weighted by molar-refractivity contribution is 5.44. The van der Waals surface area contributed by atoms with E-state index >= 15 is 0 Å². The van der Waals surface area contributed by atoms with Gasteiger partial charge in [-0.15, -0.1) is 0 Å². The fourth-order valence-electron chi connectivity index (χ4n) is 2.88. The first kappa shape index (κ1) is 16.4. The van der Waals surface area contributed by atoms with E-state index in [2.05, 4.69) is 4.98 Å². The topological polar surface area (TPSA) is 88.7 Å². The van der Waals surface area contributed by atoms with Crippen LogP contribution in [-0.4, -0.2) is 40.8 Å². The van der Waals surface area contributed by atoms with Gasteiger partial charge in [0, 0.05) is 19.0 Å². The molecule has 1 N–H and O–H groups in total. The molecule has 1 aromatic heterocycles. The van der Waals surface area contributed by atoms with Crippen molar-refractivity contribution >= 4 is 11.5 Å². The molecular weight excluding hydrogens is 310 g/mol. The van der Waals surface area contributed by atoms with Crippen molar-refractivity contribution in [2.24, 2.45) is 0 Å². The van der Waals surface area contributed by atoms with Crippen molar-refractivity contribution in [1.29, 1.82) is 0 Å². The monoisotopic (exact) mass is 329 g/mol. The minimum atomic E-state index is -0.599. The van der Waals surface area contributed by atoms with Gasteiger partial charge in [0.15, 0.2) is 0 Å². The average molecular weight is 329 g/mol. The lowest BCUT2D eigenvalue weighted by Crippen LogP contribution is -2.46. The standard InChI is InChI=1S/C17H19N3O4/c21-16(13-4-2-1-3-5-13)10-15-12-24-9-8-19(15)17-7-6-14(11-18-17)20(22)23/h1-7,11,15-16,21H,8-10,12H2/t15-,16+/m1/s1. The number of aliphatic hydroxyl groups is 1. The summed E-state index contributed by atoms with van der Waals surface area (Å²) < 4.78 is 5.54. The van der Waals surface area contributed by atoms with E-state index in [0.29, 0.717) is 32.0 Å². The summed E-state index contributed by atoms with van der Waals surface area (Å²) in [4.78, 5) is 16.5. The number of nitrogens with zero attached hydrogens (tertiary/aromatic N) is 3. The summed E-state index contributed by atoms with van der Waals surface area (Å²) in [7, 11) is 0. The molecule has 0 radical (unpaired) electrons. The van der Waals surface area contributed by atoms with Gasteiger partial charge in [0.05, 0.1) is 30.3 Å². The molecule has 0 saturated carbocycles. The molecule has 2 aromatic rings. The van der Waals surface area contributed by atoms with E-state index in [0.717, 1.165) is 5.56 Å². The van der Waals surface area contributed by atoms with Crippen LogP contribution in [0.15, 0.2) is 48.7 Å². The highest BCUT2D eigenvalue weighted by Gasteiger charge is 2.27. The quantitative estimate of drug-likeness (QED) is 0.669. The van der Waals surface area contributed by atoms with Gasteiger partial charge < -0.3 is 14.7 Å². The number of hydrogen-bond donors (Lipinski definition) is 1. The van der Waals surface area contributed by atoms with Crippen molar-refractivity contribution in [3.05, 3.63) is 64.3 Å². The Morgan fingerprint density at radius 3 is 2.79 bits per heavy atom. The highest BCUT2D eigenvalue weighted by Crippen LogP contribution is 2.26. The van der Waals surface area contributed by atoms with Gasteiger partial charge in [-0.3, -0.25) is 10.1 Å². The lowest BCUT2D eigenvalue weighted by atomic mass is 10.0. The first-order chi connectivity index (χ1) is 11.6. The first-order valence-corrected chi connectivity index (χ1v) is 7.83. The molecule has 1 aromatic carbocycles. The summed E-state index contributed by atoms with van der Waals surface area (Å²) in [5.41, 5.74) is 0.826. The maximum absolute atomic E-state index is 10.8. The van der Waals surface area contributed by atoms with Gasteiger partial charge in [-0.05, 0) is 11.6 Å². The Kier molecular flexibility index (Phi) is 5.02. The number of hydrogen-bond acceptors (Lipinski definition) is 6. The van der Waals surface area contributed by atoms with Crippen LogP contribution in [-0.2, 0) is 4.74 Å². The van der Waals surface area contributed by atoms with Crippen molar-refractivity contribution in [3.63, 3.8) is 0 Å². The fraction of sp³-hybridized carbons (Fsp3) is 0.353. The molecule has 0 aliphatic carbocycles. The Hall–Kier alpha value is -2.51. The molecule has 1 aliphatic heterocycles. The summed E-state index contributed by atoms with van der Waals surface area (Å²) in [6.45, 7) is 1.69. The number of morpholine rings is 1. The van der Waals surface area contributed by atoms with Crippen LogP contribution in [0, 0.1) is 10.1 Å². The number of benzene rings is 1. The van der Waals surface area contributed by atoms with Gasteiger partial charge in [0.25, 0.3) is 5.69 Å². The number of nitro groups is 1. The third-order valence-electron chi connectivity index (χ3n) is 4.14. The Labute approximate surface area is 139 Å². The number of aromatic nitrogens is 1. The van der Waals surface area contributed by atoms with E-state index in [1.807, 2.05) is 35.2 Å². The zero-order valence-corrected chi connectivity index (χ0v) is 13.1. The molecule has 0 unspecified atom stereocenters. The number of ether oxygens (including phenoxy) is 1. The summed E-state index contributed by atoms with van der Waals surface area (Å²) in [6, 6.07) is 12.5. The van der Waals surface area contributed by atoms with Gasteiger partial charge in [-0.1, -0.05) is 30.3 Å². The second-order valence-electron chi connectivity index (χ2n) is 5.72. The van der Waals surface area contributed by atoms with E-state index in [4.69, 9.17) is 4.74 Å². The van der Waals surface area contributed by atoms with Crippen molar-refractivity contribution < 1.29 is 14.8 Å². The summed E-state index contributed by atoms with van der Waals surface area (Å²) in [6.07, 6.45) is 1.16. The number of anilines is 1. The van der Waals surface area contributed by atoms with Gasteiger partial charge in [0.1, 0.15) is 12.0 Å². The largest absolute Gasteiger partial charge is 0.388 e. The van der Waals surface area contributed by atoms with Crippen molar-refractivity contribution in [2.75, 3.05) is 24.7 Å². The molecule has 126 valence electrons. The first-order valence-electron chi connectivity index (χ1n) is 7.83. The van der Waals surface area contributed by atoms with E-state index in [-0.39, 0.29) is 11.7 Å². The smallest absolute Gasteiger partial charge is 0.287 e. The predicted octanol–water partition coefficient (Wildman–Crippen LogP) is 2.32. The van der Waals surface area contributed by atoms with E-state index < -0.39 is 11.0 Å². The fourth-order valence-corrected chi connectivity index (χ4v) is 2.88. The Bertz CT molecular complexity index is 678. The van der Waals surface area contributed by atoms with E-state index in [1.54, 1.807) is 6.07 Å². The van der Waals surface area contributed by atoms with Crippen LogP contribution in [0.2, 0.25) is 0 Å². The molecule has 1 aliphatic rings. The zero-order valence-electron chi connectivity index (χ0n) is 13.1. The van der Waals surface area contributed by atoms with Crippen LogP contribution < -0.4 is 4.90 Å². The molecule has 0 amide bonds. The van der Waals surface area contributed by atoms with Gasteiger partial charge in [-0.25, -0.2) is 4.98 Å². The Morgan fingerprint density at radius 2 is 2.12 bits per heavy atom. The lowest BCUT2D eigenvalue weighted by molar-refractivity contribution is -0.385. The molecule has 1 fully saturated rings. The number of aliphatic hydroxyl groups excluding tert-OH is 1. The molecule has 2 heterocycles. The highest BCUT2D eigenvalue weighted by atomic mass is 16.6. The average Bonchev–Trinajstić information content (AvgIpc) is 2.63. The SMILES string of the molecule is O=[N+]([O-])c1ccc(N2CCOC[C@H]2C[C@H](O)c2ccccc2)nc1. The molecule has 24 heavy (non-hydrogen) atoms. The molecule has 7 heteroatoms. The molecule has 0 spiro atoms. The summed E-state index contributed by atoms with van der Waals surface area (Å²) in [5, 5.41) is 21.2. The molecular formula is C17H19N3O4. The zero-order chi connectivity index (χ0) is 16.9. The maximum atomic E-state index is 10.8. The molecule has 3 rings (SSSR count). The van der Waals surface area contributed by atoms with Crippen molar-refractivity contribution in [1.82, 2.24) is 4.98 Å². The van der Waals surface area contributed by atoms with Crippen molar-refractivity contribution in [2.45, 2.75) is 18.6 Å². The Morgan fingerprint density at radius 1 is 1.33 bits per heavy atom. The van der Waals surface area contributed by atoms with Crippen LogP contribution >= 0.6 is 0 Å².